The van der Waals surface area contributed by atoms with Crippen LogP contribution in [0, 0.1) is 0 Å². The molecule has 31 heavy (non-hydrogen) atoms. The third-order valence-corrected chi connectivity index (χ3v) is 6.46. The average molecular weight is 437 g/mol. The first-order valence-electron chi connectivity index (χ1n) is 10.6. The fraction of sp³-hybridized carbons (Fsp3) is 0.320. The molecular weight excluding hydrogens is 412 g/mol. The summed E-state index contributed by atoms with van der Waals surface area (Å²) in [6, 6.07) is 14.3. The van der Waals surface area contributed by atoms with E-state index in [-0.39, 0.29) is 23.2 Å². The number of benzene rings is 2. The van der Waals surface area contributed by atoms with Gasteiger partial charge in [0.15, 0.2) is 0 Å². The Morgan fingerprint density at radius 3 is 2.39 bits per heavy atom. The van der Waals surface area contributed by atoms with Gasteiger partial charge in [-0.1, -0.05) is 11.6 Å². The van der Waals surface area contributed by atoms with Gasteiger partial charge in [-0.2, -0.15) is 0 Å². The highest BCUT2D eigenvalue weighted by Gasteiger charge is 2.24. The van der Waals surface area contributed by atoms with Crippen LogP contribution in [-0.4, -0.2) is 23.3 Å². The van der Waals surface area contributed by atoms with Crippen LogP contribution in [0.5, 0.6) is 0 Å². The van der Waals surface area contributed by atoms with Crippen molar-refractivity contribution in [3.05, 3.63) is 75.0 Å². The molecule has 6 heteroatoms. The summed E-state index contributed by atoms with van der Waals surface area (Å²) in [6.07, 6.45) is 2.57. The lowest BCUT2D eigenvalue weighted by Gasteiger charge is -2.24. The maximum atomic E-state index is 13.2. The van der Waals surface area contributed by atoms with Crippen LogP contribution < -0.4 is 10.5 Å². The Balaban J connectivity index is 1.79. The Bertz CT molecular complexity index is 1200. The molecule has 5 nitrogen and oxygen atoms in total. The lowest BCUT2D eigenvalue weighted by molar-refractivity contribution is -0.120. The maximum Gasteiger partial charge on any atom is 0.258 e. The average Bonchev–Trinajstić information content (AvgIpc) is 2.78. The topological polar surface area (TPSA) is 59.4 Å². The number of ketones is 1. The number of aryl methyl sites for hydroxylation is 1. The number of nitrogens with zero attached hydrogens (tertiary/aromatic N) is 2. The third kappa shape index (κ3) is 4.15. The molecule has 1 aliphatic rings. The van der Waals surface area contributed by atoms with Crippen molar-refractivity contribution in [3.8, 4) is 0 Å². The number of carbonyl (C=O) groups is 2. The van der Waals surface area contributed by atoms with Crippen molar-refractivity contribution in [1.29, 1.82) is 0 Å². The second kappa shape index (κ2) is 8.67. The van der Waals surface area contributed by atoms with Gasteiger partial charge in [0.05, 0.1) is 5.52 Å². The van der Waals surface area contributed by atoms with E-state index in [2.05, 4.69) is 0 Å². The van der Waals surface area contributed by atoms with Gasteiger partial charge in [-0.05, 0) is 73.7 Å². The summed E-state index contributed by atoms with van der Waals surface area (Å²) in [5, 5.41) is 1.53. The van der Waals surface area contributed by atoms with E-state index < -0.39 is 0 Å². The summed E-state index contributed by atoms with van der Waals surface area (Å²) in [7, 11) is 1.73. The number of aromatic nitrogens is 1. The molecule has 0 N–H and O–H groups in total. The van der Waals surface area contributed by atoms with Crippen LogP contribution in [0.3, 0.4) is 0 Å². The predicted octanol–water partition coefficient (Wildman–Crippen LogP) is 5.18. The molecule has 0 unspecified atom stereocenters. The number of amides is 1. The summed E-state index contributed by atoms with van der Waals surface area (Å²) in [5.74, 6) is 0.296. The predicted molar refractivity (Wildman–Crippen MR) is 124 cm³/mol. The molecule has 0 spiro atoms. The molecule has 1 aromatic heterocycles. The number of fused-ring (bicyclic) bond motifs is 1. The van der Waals surface area contributed by atoms with Crippen LogP contribution in [-0.2, 0) is 11.3 Å². The van der Waals surface area contributed by atoms with Crippen molar-refractivity contribution >= 4 is 39.9 Å². The molecule has 0 aliphatic heterocycles. The van der Waals surface area contributed by atoms with E-state index in [9.17, 15) is 14.4 Å². The summed E-state index contributed by atoms with van der Waals surface area (Å²) in [4.78, 5) is 39.3. The van der Waals surface area contributed by atoms with E-state index in [1.54, 1.807) is 52.9 Å². The smallest absolute Gasteiger partial charge is 0.258 e. The molecule has 160 valence electrons. The van der Waals surface area contributed by atoms with Crippen LogP contribution in [0.25, 0.3) is 10.9 Å². The summed E-state index contributed by atoms with van der Waals surface area (Å²) in [6.45, 7) is 2.49. The molecule has 0 radical (unpaired) electrons. The van der Waals surface area contributed by atoms with Crippen LogP contribution in [0.1, 0.15) is 54.4 Å². The molecule has 1 saturated carbocycles. The van der Waals surface area contributed by atoms with Gasteiger partial charge in [-0.15, -0.1) is 0 Å². The van der Waals surface area contributed by atoms with E-state index in [1.807, 2.05) is 19.1 Å². The summed E-state index contributed by atoms with van der Waals surface area (Å²) in [5.41, 5.74) is 3.03. The quantitative estimate of drug-likeness (QED) is 0.566. The lowest BCUT2D eigenvalue weighted by Crippen LogP contribution is -2.26. The van der Waals surface area contributed by atoms with Crippen LogP contribution in [0.15, 0.2) is 53.3 Å². The largest absolute Gasteiger partial charge is 0.311 e. The highest BCUT2D eigenvalue weighted by molar-refractivity contribution is 6.30. The Morgan fingerprint density at radius 1 is 1.06 bits per heavy atom. The molecule has 0 atom stereocenters. The molecule has 3 aromatic rings. The fourth-order valence-corrected chi connectivity index (χ4v) is 4.56. The monoisotopic (exact) mass is 436 g/mol. The third-order valence-electron chi connectivity index (χ3n) is 6.21. The minimum atomic E-state index is -0.136. The van der Waals surface area contributed by atoms with E-state index >= 15 is 0 Å². The zero-order valence-corrected chi connectivity index (χ0v) is 18.5. The molecule has 4 rings (SSSR count). The molecular formula is C25H25ClN2O3. The normalized spacial score (nSPS) is 14.7. The number of rotatable bonds is 4. The number of Topliss-reactive ketones (excluding diaryl/α,β-unsaturated/α-hetero) is 1. The fourth-order valence-electron chi connectivity index (χ4n) is 4.43. The van der Waals surface area contributed by atoms with Gasteiger partial charge in [-0.3, -0.25) is 14.4 Å². The minimum absolute atomic E-state index is 0.0424. The van der Waals surface area contributed by atoms with Crippen LogP contribution in [0.2, 0.25) is 5.02 Å². The lowest BCUT2D eigenvalue weighted by atomic mass is 9.82. The highest BCUT2D eigenvalue weighted by Crippen LogP contribution is 2.35. The van der Waals surface area contributed by atoms with Crippen LogP contribution >= 0.6 is 11.6 Å². The maximum absolute atomic E-state index is 13.2. The second-order valence-corrected chi connectivity index (χ2v) is 8.50. The molecule has 1 heterocycles. The van der Waals surface area contributed by atoms with Crippen molar-refractivity contribution in [2.24, 2.45) is 0 Å². The summed E-state index contributed by atoms with van der Waals surface area (Å²) >= 11 is 5.97. The Morgan fingerprint density at radius 2 is 1.74 bits per heavy atom. The van der Waals surface area contributed by atoms with E-state index in [0.29, 0.717) is 30.0 Å². The molecule has 1 amide bonds. The zero-order chi connectivity index (χ0) is 22.1. The van der Waals surface area contributed by atoms with Gasteiger partial charge in [0.25, 0.3) is 11.5 Å². The van der Waals surface area contributed by atoms with Crippen molar-refractivity contribution in [2.75, 3.05) is 11.9 Å². The minimum Gasteiger partial charge on any atom is -0.311 e. The number of pyridine rings is 1. The van der Waals surface area contributed by atoms with E-state index in [0.717, 1.165) is 35.0 Å². The SMILES string of the molecule is CCn1c(=O)cc(C2CCC(=O)CC2)c2cc(C(=O)N(C)c3ccc(Cl)cc3)ccc21. The first kappa shape index (κ1) is 21.3. The molecule has 0 bridgehead atoms. The first-order valence-corrected chi connectivity index (χ1v) is 11.0. The number of hydrogen-bond acceptors (Lipinski definition) is 3. The number of hydrogen-bond donors (Lipinski definition) is 0. The van der Waals surface area contributed by atoms with Crippen molar-refractivity contribution in [1.82, 2.24) is 4.57 Å². The standard InChI is InChI=1S/C25H25ClN2O3/c1-3-28-23-13-6-17(25(31)27(2)19-9-7-18(26)8-10-19)14-22(23)21(15-24(28)30)16-4-11-20(29)12-5-16/h6-10,13-16H,3-5,11-12H2,1-2H3. The zero-order valence-electron chi connectivity index (χ0n) is 17.7. The van der Waals surface area contributed by atoms with Gasteiger partial charge in [0.2, 0.25) is 0 Å². The molecule has 2 aromatic carbocycles. The molecule has 0 saturated heterocycles. The van der Waals surface area contributed by atoms with Crippen molar-refractivity contribution < 1.29 is 9.59 Å². The Hall–Kier alpha value is -2.92. The van der Waals surface area contributed by atoms with Gasteiger partial charge in [0.1, 0.15) is 5.78 Å². The molecule has 1 fully saturated rings. The highest BCUT2D eigenvalue weighted by atomic mass is 35.5. The second-order valence-electron chi connectivity index (χ2n) is 8.07. The van der Waals surface area contributed by atoms with Crippen LogP contribution in [0.4, 0.5) is 5.69 Å². The number of carbonyl (C=O) groups excluding carboxylic acids is 2. The van der Waals surface area contributed by atoms with Gasteiger partial charge >= 0.3 is 0 Å². The molecule has 1 aliphatic carbocycles. The summed E-state index contributed by atoms with van der Waals surface area (Å²) < 4.78 is 1.73. The van der Waals surface area contributed by atoms with Gasteiger partial charge in [0, 0.05) is 54.2 Å². The Kier molecular flexibility index (Phi) is 5.96. The van der Waals surface area contributed by atoms with Gasteiger partial charge < -0.3 is 9.47 Å². The Labute approximate surface area is 186 Å². The van der Waals surface area contributed by atoms with Gasteiger partial charge in [-0.25, -0.2) is 0 Å². The van der Waals surface area contributed by atoms with E-state index in [1.165, 1.54) is 0 Å². The van der Waals surface area contributed by atoms with E-state index in [4.69, 9.17) is 11.6 Å². The number of halogens is 1. The first-order chi connectivity index (χ1) is 14.9. The van der Waals surface area contributed by atoms with Crippen molar-refractivity contribution in [2.45, 2.75) is 45.1 Å². The van der Waals surface area contributed by atoms with Crippen molar-refractivity contribution in [3.63, 3.8) is 0 Å². The number of anilines is 1.